The van der Waals surface area contributed by atoms with Gasteiger partial charge in [0.2, 0.25) is 0 Å². The number of furan rings is 1. The Morgan fingerprint density at radius 1 is 0.298 bits per heavy atom. The lowest BCUT2D eigenvalue weighted by Gasteiger charge is -2.19. The Balaban J connectivity index is 1.21. The molecule has 0 aliphatic carbocycles. The maximum Gasteiger partial charge on any atom is 0.136 e. The van der Waals surface area contributed by atoms with Gasteiger partial charge in [0.05, 0.1) is 0 Å². The van der Waals surface area contributed by atoms with Crippen LogP contribution in [0.3, 0.4) is 0 Å². The molecule has 218 valence electrons. The highest BCUT2D eigenvalue weighted by molar-refractivity contribution is 6.29. The summed E-state index contributed by atoms with van der Waals surface area (Å²) in [6.45, 7) is 0. The van der Waals surface area contributed by atoms with Crippen molar-refractivity contribution in [3.8, 4) is 44.5 Å². The summed E-state index contributed by atoms with van der Waals surface area (Å²) in [4.78, 5) is 0. The number of rotatable bonds is 4. The Kier molecular flexibility index (Phi) is 5.64. The molecule has 1 aromatic heterocycles. The Labute approximate surface area is 272 Å². The van der Waals surface area contributed by atoms with E-state index in [-0.39, 0.29) is 0 Å². The summed E-state index contributed by atoms with van der Waals surface area (Å²) in [5.41, 5.74) is 11.8. The molecule has 9 aromatic carbocycles. The first kappa shape index (κ1) is 26.1. The second-order valence-corrected chi connectivity index (χ2v) is 12.4. The summed E-state index contributed by atoms with van der Waals surface area (Å²) in [6, 6.07) is 61.6. The van der Waals surface area contributed by atoms with Gasteiger partial charge < -0.3 is 4.42 Å². The van der Waals surface area contributed by atoms with Gasteiger partial charge in [0.1, 0.15) is 11.2 Å². The van der Waals surface area contributed by atoms with Crippen LogP contribution in [0, 0.1) is 0 Å². The first-order chi connectivity index (χ1) is 23.3. The molecule has 0 fully saturated rings. The molecule has 1 heterocycles. The van der Waals surface area contributed by atoms with E-state index in [0.717, 1.165) is 11.2 Å². The molecule has 0 spiro atoms. The first-order valence-corrected chi connectivity index (χ1v) is 16.2. The molecule has 47 heavy (non-hydrogen) atoms. The minimum Gasteiger partial charge on any atom is -0.456 e. The molecule has 0 radical (unpaired) electrons. The summed E-state index contributed by atoms with van der Waals surface area (Å²) in [5, 5.41) is 9.85. The summed E-state index contributed by atoms with van der Waals surface area (Å²) < 4.78 is 6.33. The summed E-state index contributed by atoms with van der Waals surface area (Å²) >= 11 is 0. The van der Waals surface area contributed by atoms with E-state index in [4.69, 9.17) is 4.42 Å². The zero-order chi connectivity index (χ0) is 30.9. The fourth-order valence-electron chi connectivity index (χ4n) is 7.75. The standard InChI is InChI=1S/C46H28O/c1-2-11-29(12-3-1)30-23-25-31(26-24-30)32-13-8-14-33(27-32)43-35-16-4-6-18-37(35)45(38-19-7-5-17-36(38)43)40-28-34-15-9-21-41-44(34)46-39(40)20-10-22-42(46)47-41/h1-28H. The van der Waals surface area contributed by atoms with Crippen molar-refractivity contribution in [2.75, 3.05) is 0 Å². The predicted molar refractivity (Wildman–Crippen MR) is 199 cm³/mol. The molecule has 1 nitrogen and oxygen atoms in total. The molecular formula is C46H28O. The van der Waals surface area contributed by atoms with Crippen molar-refractivity contribution in [2.24, 2.45) is 0 Å². The lowest BCUT2D eigenvalue weighted by atomic mass is 9.83. The Bertz CT molecular complexity index is 2710. The van der Waals surface area contributed by atoms with Gasteiger partial charge in [-0.05, 0) is 101 Å². The molecule has 10 aromatic rings. The third-order valence-electron chi connectivity index (χ3n) is 9.82. The maximum atomic E-state index is 6.33. The Morgan fingerprint density at radius 2 is 0.787 bits per heavy atom. The molecule has 0 aliphatic heterocycles. The van der Waals surface area contributed by atoms with E-state index < -0.39 is 0 Å². The van der Waals surface area contributed by atoms with Crippen LogP contribution in [0.1, 0.15) is 0 Å². The molecule has 10 rings (SSSR count). The lowest BCUT2D eigenvalue weighted by Crippen LogP contribution is -1.92. The highest BCUT2D eigenvalue weighted by Gasteiger charge is 2.21. The SMILES string of the molecule is c1ccc(-c2ccc(-c3cccc(-c4c5ccccc5c(-c5cc6cccc7oc8cccc5c8c67)c5ccccc45)c3)cc2)cc1. The zero-order valence-corrected chi connectivity index (χ0v) is 25.6. The first-order valence-electron chi connectivity index (χ1n) is 16.2. The average Bonchev–Trinajstić information content (AvgIpc) is 3.53. The van der Waals surface area contributed by atoms with Crippen LogP contribution in [0.5, 0.6) is 0 Å². The molecular weight excluding hydrogens is 569 g/mol. The van der Waals surface area contributed by atoms with Gasteiger partial charge in [-0.1, -0.05) is 146 Å². The van der Waals surface area contributed by atoms with Crippen LogP contribution >= 0.6 is 0 Å². The molecule has 0 saturated carbocycles. The number of fused-ring (bicyclic) bond motifs is 2. The molecule has 1 heteroatoms. The van der Waals surface area contributed by atoms with Gasteiger partial charge in [0.25, 0.3) is 0 Å². The van der Waals surface area contributed by atoms with Crippen LogP contribution in [0.15, 0.2) is 174 Å². The fraction of sp³-hybridized carbons (Fsp3) is 0. The number of benzene rings is 9. The van der Waals surface area contributed by atoms with Crippen molar-refractivity contribution in [1.29, 1.82) is 0 Å². The van der Waals surface area contributed by atoms with Crippen molar-refractivity contribution >= 4 is 54.3 Å². The van der Waals surface area contributed by atoms with Crippen molar-refractivity contribution < 1.29 is 4.42 Å². The van der Waals surface area contributed by atoms with E-state index in [2.05, 4.69) is 170 Å². The van der Waals surface area contributed by atoms with Crippen LogP contribution < -0.4 is 0 Å². The fourth-order valence-corrected chi connectivity index (χ4v) is 7.75. The minimum absolute atomic E-state index is 0.939. The smallest absolute Gasteiger partial charge is 0.136 e. The largest absolute Gasteiger partial charge is 0.456 e. The third kappa shape index (κ3) is 3.97. The van der Waals surface area contributed by atoms with Gasteiger partial charge in [-0.2, -0.15) is 0 Å². The topological polar surface area (TPSA) is 13.1 Å². The van der Waals surface area contributed by atoms with Crippen LogP contribution in [0.2, 0.25) is 0 Å². The second kappa shape index (κ2) is 10.2. The number of hydrogen-bond acceptors (Lipinski definition) is 1. The molecule has 0 saturated heterocycles. The van der Waals surface area contributed by atoms with Gasteiger partial charge >= 0.3 is 0 Å². The third-order valence-corrected chi connectivity index (χ3v) is 9.82. The van der Waals surface area contributed by atoms with E-state index in [0.29, 0.717) is 0 Å². The number of hydrogen-bond donors (Lipinski definition) is 0. The van der Waals surface area contributed by atoms with Crippen LogP contribution in [-0.2, 0) is 0 Å². The normalized spacial score (nSPS) is 11.8. The van der Waals surface area contributed by atoms with Crippen LogP contribution in [0.25, 0.3) is 98.8 Å². The van der Waals surface area contributed by atoms with E-state index in [1.54, 1.807) is 0 Å². The van der Waals surface area contributed by atoms with Gasteiger partial charge in [-0.15, -0.1) is 0 Å². The average molecular weight is 597 g/mol. The molecule has 0 atom stereocenters. The second-order valence-electron chi connectivity index (χ2n) is 12.4. The molecule has 0 N–H and O–H groups in total. The maximum absolute atomic E-state index is 6.33. The van der Waals surface area contributed by atoms with Crippen LogP contribution in [0.4, 0.5) is 0 Å². The van der Waals surface area contributed by atoms with Gasteiger partial charge in [-0.3, -0.25) is 0 Å². The Hall–Kier alpha value is -6.18. The van der Waals surface area contributed by atoms with E-state index >= 15 is 0 Å². The minimum atomic E-state index is 0.939. The van der Waals surface area contributed by atoms with Gasteiger partial charge in [0, 0.05) is 10.8 Å². The molecule has 0 unspecified atom stereocenters. The van der Waals surface area contributed by atoms with E-state index in [9.17, 15) is 0 Å². The monoisotopic (exact) mass is 596 g/mol. The summed E-state index contributed by atoms with van der Waals surface area (Å²) in [5.74, 6) is 0. The highest BCUT2D eigenvalue weighted by atomic mass is 16.3. The Morgan fingerprint density at radius 3 is 1.49 bits per heavy atom. The predicted octanol–water partition coefficient (Wildman–Crippen LogP) is 13.2. The quantitative estimate of drug-likeness (QED) is 0.145. The van der Waals surface area contributed by atoms with E-state index in [1.165, 1.54) is 87.6 Å². The van der Waals surface area contributed by atoms with E-state index in [1.807, 2.05) is 0 Å². The lowest BCUT2D eigenvalue weighted by molar-refractivity contribution is 0.669. The van der Waals surface area contributed by atoms with Crippen molar-refractivity contribution in [1.82, 2.24) is 0 Å². The summed E-state index contributed by atoms with van der Waals surface area (Å²) in [6.07, 6.45) is 0. The summed E-state index contributed by atoms with van der Waals surface area (Å²) in [7, 11) is 0. The van der Waals surface area contributed by atoms with Gasteiger partial charge in [-0.25, -0.2) is 0 Å². The van der Waals surface area contributed by atoms with Gasteiger partial charge in [0.15, 0.2) is 0 Å². The molecule has 0 bridgehead atoms. The highest BCUT2D eigenvalue weighted by Crippen LogP contribution is 2.48. The van der Waals surface area contributed by atoms with Crippen LogP contribution in [-0.4, -0.2) is 0 Å². The molecule has 0 aliphatic rings. The van der Waals surface area contributed by atoms with Crippen molar-refractivity contribution in [3.63, 3.8) is 0 Å². The molecule has 0 amide bonds. The zero-order valence-electron chi connectivity index (χ0n) is 25.6. The van der Waals surface area contributed by atoms with Crippen molar-refractivity contribution in [2.45, 2.75) is 0 Å². The van der Waals surface area contributed by atoms with Crippen molar-refractivity contribution in [3.05, 3.63) is 170 Å².